The van der Waals surface area contributed by atoms with Crippen molar-refractivity contribution in [2.75, 3.05) is 6.54 Å². The Balaban J connectivity index is 2.00. The summed E-state index contributed by atoms with van der Waals surface area (Å²) in [6.45, 7) is 5.33. The molecule has 0 bridgehead atoms. The monoisotopic (exact) mass is 302 g/mol. The summed E-state index contributed by atoms with van der Waals surface area (Å²) < 4.78 is 27.3. The van der Waals surface area contributed by atoms with Crippen molar-refractivity contribution in [3.05, 3.63) is 16.5 Å². The summed E-state index contributed by atoms with van der Waals surface area (Å²) in [6.07, 6.45) is 4.35. The van der Waals surface area contributed by atoms with Crippen molar-refractivity contribution >= 4 is 21.4 Å². The SMILES string of the molecule is CCCCNS(=O)(=O)c1cc(C)c(CNC2CC2)s1. The van der Waals surface area contributed by atoms with Gasteiger partial charge in [0.25, 0.3) is 0 Å². The van der Waals surface area contributed by atoms with Gasteiger partial charge in [0.2, 0.25) is 10.0 Å². The molecule has 1 aliphatic rings. The van der Waals surface area contributed by atoms with Crippen LogP contribution in [0.15, 0.2) is 10.3 Å². The molecule has 2 N–H and O–H groups in total. The molecule has 6 heteroatoms. The lowest BCUT2D eigenvalue weighted by atomic mass is 10.3. The molecule has 4 nitrogen and oxygen atoms in total. The molecule has 19 heavy (non-hydrogen) atoms. The molecule has 1 aromatic heterocycles. The maximum absolute atomic E-state index is 12.1. The van der Waals surface area contributed by atoms with Crippen LogP contribution in [0.2, 0.25) is 0 Å². The van der Waals surface area contributed by atoms with E-state index in [1.807, 2.05) is 13.8 Å². The van der Waals surface area contributed by atoms with Gasteiger partial charge in [-0.1, -0.05) is 13.3 Å². The van der Waals surface area contributed by atoms with Crippen molar-refractivity contribution in [3.8, 4) is 0 Å². The van der Waals surface area contributed by atoms with E-state index in [0.717, 1.165) is 29.8 Å². The molecule has 1 saturated carbocycles. The molecule has 0 saturated heterocycles. The van der Waals surface area contributed by atoms with Gasteiger partial charge in [-0.05, 0) is 37.8 Å². The Labute approximate surface area is 119 Å². The highest BCUT2D eigenvalue weighted by molar-refractivity contribution is 7.91. The van der Waals surface area contributed by atoms with E-state index in [-0.39, 0.29) is 0 Å². The van der Waals surface area contributed by atoms with Crippen LogP contribution in [0.25, 0.3) is 0 Å². The maximum atomic E-state index is 12.1. The summed E-state index contributed by atoms with van der Waals surface area (Å²) in [6, 6.07) is 2.42. The lowest BCUT2D eigenvalue weighted by Crippen LogP contribution is -2.23. The second-order valence-corrected chi connectivity index (χ2v) is 8.21. The van der Waals surface area contributed by atoms with Crippen LogP contribution in [0.4, 0.5) is 0 Å². The van der Waals surface area contributed by atoms with E-state index >= 15 is 0 Å². The van der Waals surface area contributed by atoms with E-state index in [9.17, 15) is 8.42 Å². The number of unbranched alkanes of at least 4 members (excludes halogenated alkanes) is 1. The predicted molar refractivity (Wildman–Crippen MR) is 79.0 cm³/mol. The van der Waals surface area contributed by atoms with Gasteiger partial charge in [0, 0.05) is 24.0 Å². The zero-order valence-corrected chi connectivity index (χ0v) is 13.2. The number of aryl methyl sites for hydroxylation is 1. The van der Waals surface area contributed by atoms with E-state index in [4.69, 9.17) is 0 Å². The second-order valence-electron chi connectivity index (χ2n) is 5.08. The van der Waals surface area contributed by atoms with Crippen molar-refractivity contribution < 1.29 is 8.42 Å². The van der Waals surface area contributed by atoms with E-state index in [0.29, 0.717) is 16.8 Å². The average molecular weight is 302 g/mol. The topological polar surface area (TPSA) is 58.2 Å². The Bertz CT molecular complexity index is 519. The fourth-order valence-electron chi connectivity index (χ4n) is 1.78. The van der Waals surface area contributed by atoms with Gasteiger partial charge in [0.1, 0.15) is 4.21 Å². The van der Waals surface area contributed by atoms with Crippen LogP contribution in [0, 0.1) is 6.92 Å². The van der Waals surface area contributed by atoms with E-state index in [1.54, 1.807) is 6.07 Å². The number of rotatable bonds is 8. The quantitative estimate of drug-likeness (QED) is 0.725. The lowest BCUT2D eigenvalue weighted by Gasteiger charge is -2.03. The third-order valence-electron chi connectivity index (χ3n) is 3.21. The van der Waals surface area contributed by atoms with Gasteiger partial charge in [0.15, 0.2) is 0 Å². The van der Waals surface area contributed by atoms with Crippen LogP contribution in [0.1, 0.15) is 43.0 Å². The predicted octanol–water partition coefficient (Wildman–Crippen LogP) is 2.39. The summed E-state index contributed by atoms with van der Waals surface area (Å²) in [5.41, 5.74) is 1.06. The number of hydrogen-bond acceptors (Lipinski definition) is 4. The maximum Gasteiger partial charge on any atom is 0.250 e. The summed E-state index contributed by atoms with van der Waals surface area (Å²) in [5, 5.41) is 3.43. The molecule has 108 valence electrons. The van der Waals surface area contributed by atoms with Crippen LogP contribution in [-0.2, 0) is 16.6 Å². The van der Waals surface area contributed by atoms with Crippen LogP contribution in [0.5, 0.6) is 0 Å². The summed E-state index contributed by atoms with van der Waals surface area (Å²) in [5.74, 6) is 0. The molecule has 2 rings (SSSR count). The van der Waals surface area contributed by atoms with Gasteiger partial charge in [-0.2, -0.15) is 0 Å². The molecular weight excluding hydrogens is 280 g/mol. The average Bonchev–Trinajstić information content (AvgIpc) is 3.10. The Morgan fingerprint density at radius 1 is 1.42 bits per heavy atom. The molecule has 0 unspecified atom stereocenters. The minimum absolute atomic E-state index is 0.439. The van der Waals surface area contributed by atoms with Crippen molar-refractivity contribution in [3.63, 3.8) is 0 Å². The fraction of sp³-hybridized carbons (Fsp3) is 0.692. The third-order valence-corrected chi connectivity index (χ3v) is 6.39. The standard InChI is InChI=1S/C13H22N2O2S2/c1-3-4-7-15-19(16,17)13-8-10(2)12(18-13)9-14-11-5-6-11/h8,11,14-15H,3-7,9H2,1-2H3. The molecule has 0 aromatic carbocycles. The third kappa shape index (κ3) is 4.27. The molecular formula is C13H22N2O2S2. The molecule has 0 aliphatic heterocycles. The van der Waals surface area contributed by atoms with Crippen LogP contribution < -0.4 is 10.0 Å². The molecule has 1 heterocycles. The Hall–Kier alpha value is -0.430. The molecule has 0 spiro atoms. The van der Waals surface area contributed by atoms with Gasteiger partial charge in [-0.3, -0.25) is 0 Å². The zero-order chi connectivity index (χ0) is 13.9. The van der Waals surface area contributed by atoms with E-state index in [1.165, 1.54) is 24.2 Å². The van der Waals surface area contributed by atoms with Crippen molar-refractivity contribution in [2.45, 2.75) is 56.3 Å². The fourth-order valence-corrected chi connectivity index (χ4v) is 4.43. The second kappa shape index (κ2) is 6.35. The zero-order valence-electron chi connectivity index (χ0n) is 11.5. The van der Waals surface area contributed by atoms with E-state index < -0.39 is 10.0 Å². The molecule has 1 aromatic rings. The highest BCUT2D eigenvalue weighted by atomic mass is 32.2. The largest absolute Gasteiger partial charge is 0.309 e. The van der Waals surface area contributed by atoms with Gasteiger partial charge in [-0.25, -0.2) is 13.1 Å². The Morgan fingerprint density at radius 2 is 2.16 bits per heavy atom. The van der Waals surface area contributed by atoms with Crippen LogP contribution in [-0.4, -0.2) is 21.0 Å². The molecule has 0 atom stereocenters. The normalized spacial score (nSPS) is 15.9. The van der Waals surface area contributed by atoms with Crippen molar-refractivity contribution in [2.24, 2.45) is 0 Å². The minimum Gasteiger partial charge on any atom is -0.309 e. The molecule has 0 amide bonds. The highest BCUT2D eigenvalue weighted by Crippen LogP contribution is 2.27. The first-order chi connectivity index (χ1) is 9.03. The van der Waals surface area contributed by atoms with Gasteiger partial charge < -0.3 is 5.32 Å². The summed E-state index contributed by atoms with van der Waals surface area (Å²) >= 11 is 1.38. The lowest BCUT2D eigenvalue weighted by molar-refractivity contribution is 0.580. The number of nitrogens with one attached hydrogen (secondary N) is 2. The van der Waals surface area contributed by atoms with Gasteiger partial charge in [-0.15, -0.1) is 11.3 Å². The van der Waals surface area contributed by atoms with Crippen LogP contribution >= 0.6 is 11.3 Å². The summed E-state index contributed by atoms with van der Waals surface area (Å²) in [4.78, 5) is 1.13. The summed E-state index contributed by atoms with van der Waals surface area (Å²) in [7, 11) is -3.32. The molecule has 0 radical (unpaired) electrons. The smallest absolute Gasteiger partial charge is 0.250 e. The first-order valence-electron chi connectivity index (χ1n) is 6.85. The number of thiophene rings is 1. The highest BCUT2D eigenvalue weighted by Gasteiger charge is 2.22. The van der Waals surface area contributed by atoms with Crippen LogP contribution in [0.3, 0.4) is 0 Å². The Morgan fingerprint density at radius 3 is 2.79 bits per heavy atom. The van der Waals surface area contributed by atoms with Gasteiger partial charge in [0.05, 0.1) is 0 Å². The minimum atomic E-state index is -3.32. The van der Waals surface area contributed by atoms with E-state index in [2.05, 4.69) is 10.0 Å². The number of hydrogen-bond donors (Lipinski definition) is 2. The molecule has 1 aliphatic carbocycles. The first-order valence-corrected chi connectivity index (χ1v) is 9.15. The first kappa shape index (κ1) is 15.0. The van der Waals surface area contributed by atoms with Crippen molar-refractivity contribution in [1.29, 1.82) is 0 Å². The Kier molecular flexibility index (Phi) is 5.00. The number of sulfonamides is 1. The van der Waals surface area contributed by atoms with Gasteiger partial charge >= 0.3 is 0 Å². The molecule has 1 fully saturated rings. The van der Waals surface area contributed by atoms with Crippen molar-refractivity contribution in [1.82, 2.24) is 10.0 Å².